The summed E-state index contributed by atoms with van der Waals surface area (Å²) in [6.07, 6.45) is 1.05. The Morgan fingerprint density at radius 1 is 1.00 bits per heavy atom. The average Bonchev–Trinajstić information content (AvgIpc) is 2.41. The molecule has 0 unspecified atom stereocenters. The highest BCUT2D eigenvalue weighted by molar-refractivity contribution is 6.10. The minimum atomic E-state index is 0.113. The number of hydrogen-bond donors (Lipinski definition) is 0. The van der Waals surface area contributed by atoms with Gasteiger partial charge in [0.15, 0.2) is 5.78 Å². The van der Waals surface area contributed by atoms with Gasteiger partial charge in [-0.2, -0.15) is 0 Å². The van der Waals surface area contributed by atoms with E-state index in [0.717, 1.165) is 28.7 Å². The third kappa shape index (κ3) is 3.16. The SMILES string of the molecule is Cc1cccc(C(=O)c2ccc(CC(C)C)cc2)c1C. The summed E-state index contributed by atoms with van der Waals surface area (Å²) in [6.45, 7) is 8.46. The minimum Gasteiger partial charge on any atom is -0.289 e. The lowest BCUT2D eigenvalue weighted by molar-refractivity contribution is 0.103. The molecule has 0 radical (unpaired) electrons. The van der Waals surface area contributed by atoms with Crippen molar-refractivity contribution in [1.29, 1.82) is 0 Å². The number of aryl methyl sites for hydroxylation is 1. The summed E-state index contributed by atoms with van der Waals surface area (Å²) in [5.74, 6) is 0.748. The first-order valence-electron chi connectivity index (χ1n) is 7.19. The second-order valence-corrected chi connectivity index (χ2v) is 5.87. The summed E-state index contributed by atoms with van der Waals surface area (Å²) in [6, 6.07) is 13.9. The van der Waals surface area contributed by atoms with Crippen molar-refractivity contribution in [2.75, 3.05) is 0 Å². The molecule has 0 saturated carbocycles. The molecule has 0 fully saturated rings. The summed E-state index contributed by atoms with van der Waals surface area (Å²) in [5, 5.41) is 0. The number of ketones is 1. The van der Waals surface area contributed by atoms with Gasteiger partial charge in [0.1, 0.15) is 0 Å². The zero-order valence-corrected chi connectivity index (χ0v) is 12.7. The molecule has 2 aromatic rings. The van der Waals surface area contributed by atoms with Gasteiger partial charge in [-0.15, -0.1) is 0 Å². The first kappa shape index (κ1) is 14.5. The molecule has 2 rings (SSSR count). The lowest BCUT2D eigenvalue weighted by Crippen LogP contribution is -2.05. The highest BCUT2D eigenvalue weighted by Gasteiger charge is 2.12. The molecule has 0 atom stereocenters. The summed E-state index contributed by atoms with van der Waals surface area (Å²) < 4.78 is 0. The van der Waals surface area contributed by atoms with Crippen LogP contribution in [0.1, 0.15) is 46.5 Å². The number of hydrogen-bond acceptors (Lipinski definition) is 1. The molecule has 104 valence electrons. The fourth-order valence-electron chi connectivity index (χ4n) is 2.42. The van der Waals surface area contributed by atoms with E-state index in [2.05, 4.69) is 26.0 Å². The standard InChI is InChI=1S/C19H22O/c1-13(2)12-16-8-10-17(11-9-16)19(20)18-7-5-6-14(3)15(18)4/h5-11,13H,12H2,1-4H3. The van der Waals surface area contributed by atoms with Crippen molar-refractivity contribution in [3.63, 3.8) is 0 Å². The van der Waals surface area contributed by atoms with Gasteiger partial charge in [0, 0.05) is 11.1 Å². The number of benzene rings is 2. The van der Waals surface area contributed by atoms with Crippen LogP contribution in [0.3, 0.4) is 0 Å². The maximum absolute atomic E-state index is 12.6. The normalized spacial score (nSPS) is 10.8. The maximum Gasteiger partial charge on any atom is 0.193 e. The van der Waals surface area contributed by atoms with Crippen LogP contribution in [-0.2, 0) is 6.42 Å². The van der Waals surface area contributed by atoms with E-state index in [1.807, 2.05) is 44.2 Å². The van der Waals surface area contributed by atoms with E-state index in [9.17, 15) is 4.79 Å². The molecular weight excluding hydrogens is 244 g/mol. The molecule has 1 nitrogen and oxygen atoms in total. The summed E-state index contributed by atoms with van der Waals surface area (Å²) >= 11 is 0. The Morgan fingerprint density at radius 3 is 2.25 bits per heavy atom. The van der Waals surface area contributed by atoms with Gasteiger partial charge in [-0.25, -0.2) is 0 Å². The Labute approximate surface area is 121 Å². The zero-order valence-electron chi connectivity index (χ0n) is 12.7. The van der Waals surface area contributed by atoms with E-state index in [0.29, 0.717) is 5.92 Å². The molecule has 0 saturated heterocycles. The van der Waals surface area contributed by atoms with Crippen molar-refractivity contribution in [1.82, 2.24) is 0 Å². The first-order chi connectivity index (χ1) is 9.49. The minimum absolute atomic E-state index is 0.113. The second-order valence-electron chi connectivity index (χ2n) is 5.87. The first-order valence-corrected chi connectivity index (χ1v) is 7.19. The summed E-state index contributed by atoms with van der Waals surface area (Å²) in [7, 11) is 0. The molecule has 0 bridgehead atoms. The number of carbonyl (C=O) groups is 1. The van der Waals surface area contributed by atoms with Crippen LogP contribution < -0.4 is 0 Å². The molecule has 0 aliphatic rings. The van der Waals surface area contributed by atoms with E-state index in [-0.39, 0.29) is 5.78 Å². The molecule has 0 aliphatic carbocycles. The van der Waals surface area contributed by atoms with Crippen molar-refractivity contribution in [3.8, 4) is 0 Å². The predicted octanol–water partition coefficient (Wildman–Crippen LogP) is 4.73. The van der Waals surface area contributed by atoms with Gasteiger partial charge in [0.25, 0.3) is 0 Å². The van der Waals surface area contributed by atoms with Gasteiger partial charge < -0.3 is 0 Å². The van der Waals surface area contributed by atoms with Crippen molar-refractivity contribution in [3.05, 3.63) is 70.3 Å². The lowest BCUT2D eigenvalue weighted by atomic mass is 9.95. The highest BCUT2D eigenvalue weighted by atomic mass is 16.1. The van der Waals surface area contributed by atoms with E-state index in [1.165, 1.54) is 5.56 Å². The van der Waals surface area contributed by atoms with Crippen molar-refractivity contribution in [2.45, 2.75) is 34.1 Å². The molecule has 20 heavy (non-hydrogen) atoms. The number of rotatable bonds is 4. The summed E-state index contributed by atoms with van der Waals surface area (Å²) in [5.41, 5.74) is 5.10. The lowest BCUT2D eigenvalue weighted by Gasteiger charge is -2.09. The molecule has 0 N–H and O–H groups in total. The van der Waals surface area contributed by atoms with Gasteiger partial charge in [-0.3, -0.25) is 4.79 Å². The van der Waals surface area contributed by atoms with Crippen LogP contribution in [0.5, 0.6) is 0 Å². The van der Waals surface area contributed by atoms with E-state index >= 15 is 0 Å². The predicted molar refractivity (Wildman–Crippen MR) is 84.3 cm³/mol. The van der Waals surface area contributed by atoms with E-state index in [4.69, 9.17) is 0 Å². The number of carbonyl (C=O) groups excluding carboxylic acids is 1. The van der Waals surface area contributed by atoms with Crippen LogP contribution >= 0.6 is 0 Å². The van der Waals surface area contributed by atoms with Gasteiger partial charge in [0.05, 0.1) is 0 Å². The van der Waals surface area contributed by atoms with Crippen molar-refractivity contribution < 1.29 is 4.79 Å². The molecule has 0 aliphatic heterocycles. The van der Waals surface area contributed by atoms with Crippen molar-refractivity contribution in [2.24, 2.45) is 5.92 Å². The Hall–Kier alpha value is -1.89. The monoisotopic (exact) mass is 266 g/mol. The fourth-order valence-corrected chi connectivity index (χ4v) is 2.42. The Bertz CT molecular complexity index is 606. The van der Waals surface area contributed by atoms with Crippen LogP contribution in [0, 0.1) is 19.8 Å². The van der Waals surface area contributed by atoms with Crippen LogP contribution in [0.15, 0.2) is 42.5 Å². The van der Waals surface area contributed by atoms with E-state index in [1.54, 1.807) is 0 Å². The Balaban J connectivity index is 2.27. The molecular formula is C19H22O. The quantitative estimate of drug-likeness (QED) is 0.731. The fraction of sp³-hybridized carbons (Fsp3) is 0.316. The average molecular weight is 266 g/mol. The highest BCUT2D eigenvalue weighted by Crippen LogP contribution is 2.18. The molecule has 0 heterocycles. The molecule has 0 spiro atoms. The van der Waals surface area contributed by atoms with Gasteiger partial charge in [-0.05, 0) is 42.9 Å². The maximum atomic E-state index is 12.6. The van der Waals surface area contributed by atoms with Crippen LogP contribution in [0.25, 0.3) is 0 Å². The van der Waals surface area contributed by atoms with E-state index < -0.39 is 0 Å². The zero-order chi connectivity index (χ0) is 14.7. The van der Waals surface area contributed by atoms with Crippen LogP contribution in [0.4, 0.5) is 0 Å². The molecule has 1 heteroatoms. The Kier molecular flexibility index (Phi) is 4.39. The smallest absolute Gasteiger partial charge is 0.193 e. The molecule has 0 amide bonds. The van der Waals surface area contributed by atoms with Gasteiger partial charge in [-0.1, -0.05) is 56.3 Å². The topological polar surface area (TPSA) is 17.1 Å². The molecule has 2 aromatic carbocycles. The van der Waals surface area contributed by atoms with Gasteiger partial charge >= 0.3 is 0 Å². The third-order valence-electron chi connectivity index (χ3n) is 3.71. The molecule has 0 aromatic heterocycles. The third-order valence-corrected chi connectivity index (χ3v) is 3.71. The Morgan fingerprint density at radius 2 is 1.65 bits per heavy atom. The second kappa shape index (κ2) is 6.04. The largest absolute Gasteiger partial charge is 0.289 e. The summed E-state index contributed by atoms with van der Waals surface area (Å²) in [4.78, 5) is 12.6. The van der Waals surface area contributed by atoms with Crippen LogP contribution in [0.2, 0.25) is 0 Å². The van der Waals surface area contributed by atoms with Crippen molar-refractivity contribution >= 4 is 5.78 Å². The van der Waals surface area contributed by atoms with Gasteiger partial charge in [0.2, 0.25) is 0 Å². The van der Waals surface area contributed by atoms with Crippen LogP contribution in [-0.4, -0.2) is 5.78 Å².